The molecule has 0 unspecified atom stereocenters. The van der Waals surface area contributed by atoms with Gasteiger partial charge in [0.1, 0.15) is 10.5 Å². The standard InChI is InChI=1S/C15H13ClN2OS/c1-2-4-13-17-11(8-14(20)18-13)12-7-9-5-3-6-10(16)15(9)19-12/h3,5-8H,2,4H2,1H3,(H,17,18,20). The van der Waals surface area contributed by atoms with Crippen molar-refractivity contribution in [2.45, 2.75) is 19.8 Å². The highest BCUT2D eigenvalue weighted by atomic mass is 35.5. The molecule has 1 N–H and O–H groups in total. The third-order valence-corrected chi connectivity index (χ3v) is 3.55. The van der Waals surface area contributed by atoms with E-state index < -0.39 is 0 Å². The van der Waals surface area contributed by atoms with Gasteiger partial charge in [0.2, 0.25) is 0 Å². The molecule has 102 valence electrons. The number of nitrogens with zero attached hydrogens (tertiary/aromatic N) is 1. The van der Waals surface area contributed by atoms with E-state index in [4.69, 9.17) is 28.2 Å². The number of para-hydroxylation sites is 1. The van der Waals surface area contributed by atoms with E-state index in [0.717, 1.165) is 35.5 Å². The van der Waals surface area contributed by atoms with Gasteiger partial charge in [0, 0.05) is 17.9 Å². The smallest absolute Gasteiger partial charge is 0.153 e. The van der Waals surface area contributed by atoms with Crippen LogP contribution in [-0.4, -0.2) is 9.97 Å². The average Bonchev–Trinajstić information content (AvgIpc) is 2.84. The first-order chi connectivity index (χ1) is 9.67. The van der Waals surface area contributed by atoms with Crippen molar-refractivity contribution in [2.24, 2.45) is 0 Å². The van der Waals surface area contributed by atoms with Crippen LogP contribution >= 0.6 is 23.8 Å². The van der Waals surface area contributed by atoms with Gasteiger partial charge in [-0.2, -0.15) is 0 Å². The van der Waals surface area contributed by atoms with Crippen LogP contribution in [0.1, 0.15) is 19.2 Å². The molecular formula is C15H13ClN2OS. The van der Waals surface area contributed by atoms with Crippen LogP contribution in [0.15, 0.2) is 34.7 Å². The van der Waals surface area contributed by atoms with Gasteiger partial charge in [-0.25, -0.2) is 4.98 Å². The summed E-state index contributed by atoms with van der Waals surface area (Å²) in [5.41, 5.74) is 1.53. The number of H-pyrrole nitrogens is 1. The number of rotatable bonds is 3. The van der Waals surface area contributed by atoms with Gasteiger partial charge in [0.15, 0.2) is 11.3 Å². The number of fused-ring (bicyclic) bond motifs is 1. The van der Waals surface area contributed by atoms with Crippen LogP contribution < -0.4 is 0 Å². The first kappa shape index (κ1) is 13.3. The largest absolute Gasteiger partial charge is 0.453 e. The summed E-state index contributed by atoms with van der Waals surface area (Å²) >= 11 is 11.3. The van der Waals surface area contributed by atoms with Crippen LogP contribution in [0.5, 0.6) is 0 Å². The van der Waals surface area contributed by atoms with Crippen LogP contribution in [0, 0.1) is 4.64 Å². The van der Waals surface area contributed by atoms with Gasteiger partial charge < -0.3 is 9.40 Å². The molecular weight excluding hydrogens is 292 g/mol. The minimum atomic E-state index is 0.564. The number of aromatic nitrogens is 2. The molecule has 3 nitrogen and oxygen atoms in total. The first-order valence-corrected chi connectivity index (χ1v) is 7.24. The number of aromatic amines is 1. The molecule has 0 atom stereocenters. The molecule has 2 aromatic heterocycles. The minimum absolute atomic E-state index is 0.564. The number of hydrogen-bond acceptors (Lipinski definition) is 3. The Morgan fingerprint density at radius 1 is 1.35 bits per heavy atom. The Morgan fingerprint density at radius 3 is 2.95 bits per heavy atom. The van der Waals surface area contributed by atoms with Gasteiger partial charge in [-0.3, -0.25) is 0 Å². The summed E-state index contributed by atoms with van der Waals surface area (Å²) in [6.07, 6.45) is 1.87. The highest BCUT2D eigenvalue weighted by molar-refractivity contribution is 7.71. The molecule has 3 aromatic rings. The SMILES string of the molecule is CCCc1nc(=S)cc(-c2cc3cccc(Cl)c3o2)[nH]1. The summed E-state index contributed by atoms with van der Waals surface area (Å²) < 4.78 is 6.40. The predicted molar refractivity (Wildman–Crippen MR) is 83.6 cm³/mol. The van der Waals surface area contributed by atoms with Crippen molar-refractivity contribution in [1.82, 2.24) is 9.97 Å². The lowest BCUT2D eigenvalue weighted by molar-refractivity contribution is 0.627. The highest BCUT2D eigenvalue weighted by Gasteiger charge is 2.10. The summed E-state index contributed by atoms with van der Waals surface area (Å²) in [5.74, 6) is 1.60. The van der Waals surface area contributed by atoms with Gasteiger partial charge >= 0.3 is 0 Å². The summed E-state index contributed by atoms with van der Waals surface area (Å²) in [5, 5.41) is 1.58. The van der Waals surface area contributed by atoms with Crippen LogP contribution in [0.2, 0.25) is 5.02 Å². The van der Waals surface area contributed by atoms with Crippen LogP contribution in [-0.2, 0) is 6.42 Å². The highest BCUT2D eigenvalue weighted by Crippen LogP contribution is 2.31. The van der Waals surface area contributed by atoms with E-state index in [9.17, 15) is 0 Å². The van der Waals surface area contributed by atoms with Crippen LogP contribution in [0.3, 0.4) is 0 Å². The zero-order valence-electron chi connectivity index (χ0n) is 10.9. The molecule has 0 radical (unpaired) electrons. The Labute approximate surface area is 126 Å². The van der Waals surface area contributed by atoms with Crippen molar-refractivity contribution in [3.63, 3.8) is 0 Å². The van der Waals surface area contributed by atoms with Crippen molar-refractivity contribution in [1.29, 1.82) is 0 Å². The monoisotopic (exact) mass is 304 g/mol. The molecule has 0 saturated carbocycles. The molecule has 20 heavy (non-hydrogen) atoms. The molecule has 1 aromatic carbocycles. The lowest BCUT2D eigenvalue weighted by Crippen LogP contribution is -1.96. The number of halogens is 1. The Balaban J connectivity index is 2.15. The Kier molecular flexibility index (Phi) is 3.59. The Hall–Kier alpha value is -1.65. The second-order valence-electron chi connectivity index (χ2n) is 4.60. The van der Waals surface area contributed by atoms with Gasteiger partial charge in [-0.1, -0.05) is 42.9 Å². The van der Waals surface area contributed by atoms with Gasteiger partial charge in [0.05, 0.1) is 10.7 Å². The summed E-state index contributed by atoms with van der Waals surface area (Å²) in [6.45, 7) is 2.10. The molecule has 0 aliphatic rings. The van der Waals surface area contributed by atoms with Crippen molar-refractivity contribution in [2.75, 3.05) is 0 Å². The third kappa shape index (κ3) is 2.49. The predicted octanol–water partition coefficient (Wildman–Crippen LogP) is 5.16. The Bertz CT molecular complexity index is 822. The zero-order chi connectivity index (χ0) is 14.1. The fraction of sp³-hybridized carbons (Fsp3) is 0.200. The molecule has 0 aliphatic heterocycles. The van der Waals surface area contributed by atoms with E-state index >= 15 is 0 Å². The molecule has 0 amide bonds. The van der Waals surface area contributed by atoms with Crippen molar-refractivity contribution >= 4 is 34.8 Å². The number of hydrogen-bond donors (Lipinski definition) is 1. The number of aryl methyl sites for hydroxylation is 1. The normalized spacial score (nSPS) is 11.1. The molecule has 0 spiro atoms. The van der Waals surface area contributed by atoms with E-state index in [1.807, 2.05) is 24.3 Å². The fourth-order valence-corrected chi connectivity index (χ4v) is 2.60. The zero-order valence-corrected chi connectivity index (χ0v) is 12.5. The van der Waals surface area contributed by atoms with E-state index in [1.54, 1.807) is 6.07 Å². The maximum atomic E-state index is 6.13. The van der Waals surface area contributed by atoms with Crippen molar-refractivity contribution in [3.8, 4) is 11.5 Å². The lowest BCUT2D eigenvalue weighted by atomic mass is 10.2. The summed E-state index contributed by atoms with van der Waals surface area (Å²) in [4.78, 5) is 7.58. The van der Waals surface area contributed by atoms with Crippen LogP contribution in [0.4, 0.5) is 0 Å². The van der Waals surface area contributed by atoms with Gasteiger partial charge in [-0.15, -0.1) is 0 Å². The topological polar surface area (TPSA) is 41.8 Å². The van der Waals surface area contributed by atoms with Crippen molar-refractivity contribution in [3.05, 3.63) is 45.8 Å². The second-order valence-corrected chi connectivity index (χ2v) is 5.42. The lowest BCUT2D eigenvalue weighted by Gasteiger charge is -2.02. The molecule has 3 rings (SSSR count). The second kappa shape index (κ2) is 5.38. The minimum Gasteiger partial charge on any atom is -0.453 e. The average molecular weight is 305 g/mol. The number of furan rings is 1. The number of nitrogens with one attached hydrogen (secondary N) is 1. The molecule has 0 saturated heterocycles. The first-order valence-electron chi connectivity index (χ1n) is 6.46. The molecule has 0 aliphatic carbocycles. The maximum Gasteiger partial charge on any atom is 0.153 e. The van der Waals surface area contributed by atoms with E-state index in [2.05, 4.69) is 16.9 Å². The van der Waals surface area contributed by atoms with Crippen LogP contribution in [0.25, 0.3) is 22.4 Å². The molecule has 0 bridgehead atoms. The molecule has 0 fully saturated rings. The molecule has 2 heterocycles. The summed E-state index contributed by atoms with van der Waals surface area (Å²) in [6, 6.07) is 9.45. The summed E-state index contributed by atoms with van der Waals surface area (Å²) in [7, 11) is 0. The van der Waals surface area contributed by atoms with E-state index in [-0.39, 0.29) is 0 Å². The quantitative estimate of drug-likeness (QED) is 0.680. The third-order valence-electron chi connectivity index (χ3n) is 3.04. The van der Waals surface area contributed by atoms with E-state index in [0.29, 0.717) is 15.2 Å². The van der Waals surface area contributed by atoms with Gasteiger partial charge in [-0.05, 0) is 18.6 Å². The van der Waals surface area contributed by atoms with E-state index in [1.165, 1.54) is 0 Å². The van der Waals surface area contributed by atoms with Gasteiger partial charge in [0.25, 0.3) is 0 Å². The fourth-order valence-electron chi connectivity index (χ4n) is 2.16. The maximum absolute atomic E-state index is 6.13. The van der Waals surface area contributed by atoms with Crippen molar-refractivity contribution < 1.29 is 4.42 Å². The molecule has 5 heteroatoms. The number of benzene rings is 1. The Morgan fingerprint density at radius 2 is 2.20 bits per heavy atom.